The van der Waals surface area contributed by atoms with Gasteiger partial charge in [-0.25, -0.2) is 0 Å². The third-order valence-corrected chi connectivity index (χ3v) is 4.70. The van der Waals surface area contributed by atoms with Gasteiger partial charge >= 0.3 is 0 Å². The minimum atomic E-state index is 0.0257. The molecular formula is C20H24N2O3. The molecule has 1 fully saturated rings. The Labute approximate surface area is 148 Å². The molecule has 25 heavy (non-hydrogen) atoms. The van der Waals surface area contributed by atoms with Crippen LogP contribution in [0.1, 0.15) is 19.3 Å². The number of hydrogen-bond donors (Lipinski definition) is 2. The van der Waals surface area contributed by atoms with Crippen LogP contribution in [-0.4, -0.2) is 19.6 Å². The molecule has 0 aromatic heterocycles. The average molecular weight is 340 g/mol. The van der Waals surface area contributed by atoms with E-state index in [9.17, 15) is 4.79 Å². The van der Waals surface area contributed by atoms with E-state index in [0.717, 1.165) is 30.7 Å². The molecule has 3 rings (SSSR count). The maximum Gasteiger partial charge on any atom is 0.227 e. The Morgan fingerprint density at radius 2 is 1.88 bits per heavy atom. The van der Waals surface area contributed by atoms with E-state index < -0.39 is 0 Å². The molecule has 0 aliphatic heterocycles. The van der Waals surface area contributed by atoms with Gasteiger partial charge < -0.3 is 20.5 Å². The Morgan fingerprint density at radius 1 is 1.12 bits per heavy atom. The van der Waals surface area contributed by atoms with E-state index in [2.05, 4.69) is 5.32 Å². The molecule has 2 atom stereocenters. The fraction of sp³-hybridized carbons (Fsp3) is 0.350. The number of carbonyl (C=O) groups excluding carboxylic acids is 1. The summed E-state index contributed by atoms with van der Waals surface area (Å²) in [4.78, 5) is 12.4. The van der Waals surface area contributed by atoms with Gasteiger partial charge in [-0.2, -0.15) is 0 Å². The van der Waals surface area contributed by atoms with Crippen molar-refractivity contribution in [1.82, 2.24) is 0 Å². The van der Waals surface area contributed by atoms with Crippen molar-refractivity contribution in [2.45, 2.75) is 19.3 Å². The number of amides is 1. The summed E-state index contributed by atoms with van der Waals surface area (Å²) in [7, 11) is 1.62. The van der Waals surface area contributed by atoms with E-state index in [1.165, 1.54) is 0 Å². The number of hydrogen-bond acceptors (Lipinski definition) is 4. The third kappa shape index (κ3) is 4.31. The fourth-order valence-electron chi connectivity index (χ4n) is 3.31. The molecule has 1 amide bonds. The van der Waals surface area contributed by atoms with E-state index in [4.69, 9.17) is 15.2 Å². The van der Waals surface area contributed by atoms with E-state index in [0.29, 0.717) is 24.0 Å². The lowest BCUT2D eigenvalue weighted by Gasteiger charge is -2.17. The summed E-state index contributed by atoms with van der Waals surface area (Å²) >= 11 is 0. The van der Waals surface area contributed by atoms with Gasteiger partial charge in [0.05, 0.1) is 7.11 Å². The smallest absolute Gasteiger partial charge is 0.227 e. The van der Waals surface area contributed by atoms with Crippen molar-refractivity contribution in [3.63, 3.8) is 0 Å². The lowest BCUT2D eigenvalue weighted by molar-refractivity contribution is -0.120. The van der Waals surface area contributed by atoms with Gasteiger partial charge in [0.2, 0.25) is 5.91 Å². The largest absolute Gasteiger partial charge is 0.497 e. The second-order valence-corrected chi connectivity index (χ2v) is 6.33. The van der Waals surface area contributed by atoms with Crippen molar-refractivity contribution in [1.29, 1.82) is 0 Å². The number of nitrogens with one attached hydrogen (secondary N) is 1. The van der Waals surface area contributed by atoms with Crippen molar-refractivity contribution in [2.24, 2.45) is 17.6 Å². The normalized spacial score (nSPS) is 19.4. The van der Waals surface area contributed by atoms with Crippen molar-refractivity contribution in [3.05, 3.63) is 48.5 Å². The van der Waals surface area contributed by atoms with Gasteiger partial charge in [-0.3, -0.25) is 4.79 Å². The van der Waals surface area contributed by atoms with Gasteiger partial charge in [0.1, 0.15) is 17.2 Å². The Bertz CT molecular complexity index is 715. The Balaban J connectivity index is 1.61. The van der Waals surface area contributed by atoms with Crippen LogP contribution in [0.4, 0.5) is 5.69 Å². The minimum Gasteiger partial charge on any atom is -0.497 e. The summed E-state index contributed by atoms with van der Waals surface area (Å²) in [5.41, 5.74) is 6.53. The monoisotopic (exact) mass is 340 g/mol. The molecule has 0 unspecified atom stereocenters. The molecule has 5 nitrogen and oxygen atoms in total. The first kappa shape index (κ1) is 17.3. The molecule has 0 heterocycles. The molecule has 2 aromatic carbocycles. The summed E-state index contributed by atoms with van der Waals surface area (Å²) in [6.45, 7) is 0.575. The minimum absolute atomic E-state index is 0.0257. The zero-order valence-electron chi connectivity index (χ0n) is 14.4. The molecule has 1 aliphatic rings. The molecule has 3 N–H and O–H groups in total. The van der Waals surface area contributed by atoms with Gasteiger partial charge in [-0.15, -0.1) is 0 Å². The molecule has 1 aliphatic carbocycles. The number of ether oxygens (including phenoxy) is 2. The molecule has 0 spiro atoms. The van der Waals surface area contributed by atoms with E-state index in [1.54, 1.807) is 7.11 Å². The highest BCUT2D eigenvalue weighted by Crippen LogP contribution is 2.32. The van der Waals surface area contributed by atoms with Crippen molar-refractivity contribution in [2.75, 3.05) is 19.0 Å². The first-order valence-electron chi connectivity index (χ1n) is 8.62. The Kier molecular flexibility index (Phi) is 5.56. The van der Waals surface area contributed by atoms with Crippen LogP contribution in [0, 0.1) is 11.8 Å². The van der Waals surface area contributed by atoms with Crippen LogP contribution >= 0.6 is 0 Å². The van der Waals surface area contributed by atoms with Crippen LogP contribution < -0.4 is 20.5 Å². The SMILES string of the molecule is COc1cccc(Oc2ccc(NC(=O)[C@@H]3CCC[C@@H]3CN)cc2)c1. The van der Waals surface area contributed by atoms with Crippen molar-refractivity contribution < 1.29 is 14.3 Å². The molecule has 132 valence electrons. The van der Waals surface area contributed by atoms with Gasteiger partial charge in [0.25, 0.3) is 0 Å². The molecule has 0 bridgehead atoms. The molecule has 1 saturated carbocycles. The number of rotatable bonds is 6. The second-order valence-electron chi connectivity index (χ2n) is 6.33. The number of nitrogens with two attached hydrogens (primary N) is 1. The molecule has 5 heteroatoms. The predicted octanol–water partition coefficient (Wildman–Crippen LogP) is 3.80. The van der Waals surface area contributed by atoms with E-state index in [1.807, 2.05) is 48.5 Å². The average Bonchev–Trinajstić information content (AvgIpc) is 3.12. The maximum absolute atomic E-state index is 12.4. The summed E-state index contributed by atoms with van der Waals surface area (Å²) in [5, 5.41) is 2.99. The predicted molar refractivity (Wildman–Crippen MR) is 98.0 cm³/mol. The lowest BCUT2D eigenvalue weighted by Crippen LogP contribution is -2.29. The zero-order chi connectivity index (χ0) is 17.6. The number of methoxy groups -OCH3 is 1. The van der Waals surface area contributed by atoms with Crippen LogP contribution in [0.25, 0.3) is 0 Å². The van der Waals surface area contributed by atoms with Crippen LogP contribution in [0.15, 0.2) is 48.5 Å². The lowest BCUT2D eigenvalue weighted by atomic mass is 9.95. The standard InChI is InChI=1S/C20H24N2O3/c1-24-17-5-3-6-18(12-17)25-16-10-8-15(9-11-16)22-20(23)19-7-2-4-14(19)13-21/h3,5-6,8-12,14,19H,2,4,7,13,21H2,1H3,(H,22,23)/t14-,19-/m1/s1. The Hall–Kier alpha value is -2.53. The van der Waals surface area contributed by atoms with Crippen LogP contribution in [0.5, 0.6) is 17.2 Å². The number of anilines is 1. The highest BCUT2D eigenvalue weighted by Gasteiger charge is 2.31. The topological polar surface area (TPSA) is 73.6 Å². The first-order chi connectivity index (χ1) is 12.2. The van der Waals surface area contributed by atoms with Crippen molar-refractivity contribution >= 4 is 11.6 Å². The first-order valence-corrected chi connectivity index (χ1v) is 8.62. The van der Waals surface area contributed by atoms with Gasteiger partial charge in [-0.05, 0) is 61.7 Å². The molecule has 2 aromatic rings. The van der Waals surface area contributed by atoms with Crippen LogP contribution in [-0.2, 0) is 4.79 Å². The fourth-order valence-corrected chi connectivity index (χ4v) is 3.31. The Morgan fingerprint density at radius 3 is 2.60 bits per heavy atom. The second kappa shape index (κ2) is 8.03. The summed E-state index contributed by atoms with van der Waals surface area (Å²) in [6, 6.07) is 14.8. The van der Waals surface area contributed by atoms with Crippen molar-refractivity contribution in [3.8, 4) is 17.2 Å². The number of carbonyl (C=O) groups is 1. The van der Waals surface area contributed by atoms with Gasteiger partial charge in [-0.1, -0.05) is 12.5 Å². The third-order valence-electron chi connectivity index (χ3n) is 4.70. The van der Waals surface area contributed by atoms with E-state index >= 15 is 0 Å². The summed E-state index contributed by atoms with van der Waals surface area (Å²) in [6.07, 6.45) is 3.04. The number of benzene rings is 2. The molecule has 0 saturated heterocycles. The zero-order valence-corrected chi connectivity index (χ0v) is 14.4. The molecular weight excluding hydrogens is 316 g/mol. The van der Waals surface area contributed by atoms with E-state index in [-0.39, 0.29) is 11.8 Å². The summed E-state index contributed by atoms with van der Waals surface area (Å²) < 4.78 is 11.0. The van der Waals surface area contributed by atoms with Crippen LogP contribution in [0.3, 0.4) is 0 Å². The highest BCUT2D eigenvalue weighted by molar-refractivity contribution is 5.93. The highest BCUT2D eigenvalue weighted by atomic mass is 16.5. The maximum atomic E-state index is 12.4. The van der Waals surface area contributed by atoms with Gasteiger partial charge in [0.15, 0.2) is 0 Å². The quantitative estimate of drug-likeness (QED) is 0.839. The molecule has 0 radical (unpaired) electrons. The van der Waals surface area contributed by atoms with Gasteiger partial charge in [0, 0.05) is 17.7 Å². The summed E-state index contributed by atoms with van der Waals surface area (Å²) in [5.74, 6) is 2.54. The van der Waals surface area contributed by atoms with Crippen LogP contribution in [0.2, 0.25) is 0 Å².